The van der Waals surface area contributed by atoms with Crippen LogP contribution in [-0.4, -0.2) is 26.2 Å². The van der Waals surface area contributed by atoms with Gasteiger partial charge in [0, 0.05) is 25.6 Å². The van der Waals surface area contributed by atoms with Gasteiger partial charge in [0.15, 0.2) is 0 Å². The van der Waals surface area contributed by atoms with E-state index in [0.29, 0.717) is 5.92 Å². The summed E-state index contributed by atoms with van der Waals surface area (Å²) in [5.41, 5.74) is 2.62. The van der Waals surface area contributed by atoms with E-state index in [1.54, 1.807) is 0 Å². The van der Waals surface area contributed by atoms with Crippen LogP contribution in [0.4, 0.5) is 5.69 Å². The van der Waals surface area contributed by atoms with Crippen LogP contribution in [0.3, 0.4) is 0 Å². The van der Waals surface area contributed by atoms with Gasteiger partial charge >= 0.3 is 0 Å². The van der Waals surface area contributed by atoms with Gasteiger partial charge in [-0.15, -0.1) is 0 Å². The summed E-state index contributed by atoms with van der Waals surface area (Å²) in [6, 6.07) is 6.36. The van der Waals surface area contributed by atoms with E-state index in [4.69, 9.17) is 4.74 Å². The van der Waals surface area contributed by atoms with Gasteiger partial charge in [-0.1, -0.05) is 12.1 Å². The minimum Gasteiger partial charge on any atom is -0.491 e. The molecule has 0 aromatic heterocycles. The molecule has 1 saturated heterocycles. The zero-order valence-electron chi connectivity index (χ0n) is 9.46. The standard InChI is InChI=1S/C13H18N2O/c1-3-11-4-2-6-15-13(11)12(5-1)16-9-10-7-14-8-10/h1,3,5,10,14-15H,2,4,6-9H2. The quantitative estimate of drug-likeness (QED) is 0.809. The molecule has 0 aliphatic carbocycles. The minimum absolute atomic E-state index is 0.694. The number of fused-ring (bicyclic) bond motifs is 1. The largest absolute Gasteiger partial charge is 0.491 e. The van der Waals surface area contributed by atoms with E-state index in [-0.39, 0.29) is 0 Å². The van der Waals surface area contributed by atoms with Crippen molar-refractivity contribution in [3.8, 4) is 5.75 Å². The molecule has 2 N–H and O–H groups in total. The summed E-state index contributed by atoms with van der Waals surface area (Å²) in [4.78, 5) is 0. The molecule has 2 aliphatic heterocycles. The number of hydrogen-bond donors (Lipinski definition) is 2. The second kappa shape index (κ2) is 4.34. The van der Waals surface area contributed by atoms with E-state index in [1.165, 1.54) is 24.1 Å². The fourth-order valence-corrected chi connectivity index (χ4v) is 2.27. The van der Waals surface area contributed by atoms with E-state index in [0.717, 1.165) is 32.0 Å². The zero-order chi connectivity index (χ0) is 10.8. The second-order valence-electron chi connectivity index (χ2n) is 4.66. The third kappa shape index (κ3) is 1.87. The smallest absolute Gasteiger partial charge is 0.142 e. The number of aryl methyl sites for hydroxylation is 1. The third-order valence-electron chi connectivity index (χ3n) is 3.38. The van der Waals surface area contributed by atoms with Gasteiger partial charge in [0.25, 0.3) is 0 Å². The Balaban J connectivity index is 1.72. The lowest BCUT2D eigenvalue weighted by molar-refractivity contribution is 0.199. The lowest BCUT2D eigenvalue weighted by atomic mass is 10.0. The molecule has 0 spiro atoms. The van der Waals surface area contributed by atoms with E-state index in [1.807, 2.05) is 0 Å². The molecule has 3 nitrogen and oxygen atoms in total. The Hall–Kier alpha value is -1.22. The van der Waals surface area contributed by atoms with E-state index in [9.17, 15) is 0 Å². The molecule has 0 saturated carbocycles. The predicted octanol–water partition coefficient (Wildman–Crippen LogP) is 1.64. The highest BCUT2D eigenvalue weighted by atomic mass is 16.5. The van der Waals surface area contributed by atoms with Crippen molar-refractivity contribution in [2.45, 2.75) is 12.8 Å². The molecule has 3 heteroatoms. The van der Waals surface area contributed by atoms with Gasteiger partial charge in [-0.3, -0.25) is 0 Å². The number of anilines is 1. The number of nitrogens with one attached hydrogen (secondary N) is 2. The van der Waals surface area contributed by atoms with Crippen LogP contribution in [0.2, 0.25) is 0 Å². The van der Waals surface area contributed by atoms with Crippen LogP contribution >= 0.6 is 0 Å². The second-order valence-corrected chi connectivity index (χ2v) is 4.66. The van der Waals surface area contributed by atoms with Gasteiger partial charge in [-0.2, -0.15) is 0 Å². The molecular formula is C13H18N2O. The SMILES string of the molecule is c1cc2c(c(OCC3CNC3)c1)NCCC2. The van der Waals surface area contributed by atoms with Crippen LogP contribution in [0.15, 0.2) is 18.2 Å². The lowest BCUT2D eigenvalue weighted by Gasteiger charge is -2.28. The van der Waals surface area contributed by atoms with E-state index in [2.05, 4.69) is 28.8 Å². The van der Waals surface area contributed by atoms with Gasteiger partial charge in [0.2, 0.25) is 0 Å². The summed E-state index contributed by atoms with van der Waals surface area (Å²) in [7, 11) is 0. The Labute approximate surface area is 96.2 Å². The molecule has 0 unspecified atom stereocenters. The molecule has 16 heavy (non-hydrogen) atoms. The number of ether oxygens (including phenoxy) is 1. The fourth-order valence-electron chi connectivity index (χ4n) is 2.27. The summed E-state index contributed by atoms with van der Waals surface area (Å²) < 4.78 is 5.91. The minimum atomic E-state index is 0.694. The summed E-state index contributed by atoms with van der Waals surface area (Å²) in [5, 5.41) is 6.71. The Kier molecular flexibility index (Phi) is 2.70. The first-order valence-electron chi connectivity index (χ1n) is 6.13. The van der Waals surface area contributed by atoms with Gasteiger partial charge < -0.3 is 15.4 Å². The van der Waals surface area contributed by atoms with Crippen LogP contribution in [0, 0.1) is 5.92 Å². The first-order valence-corrected chi connectivity index (χ1v) is 6.13. The molecule has 1 aromatic rings. The van der Waals surface area contributed by atoms with Gasteiger partial charge in [-0.05, 0) is 24.5 Å². The fraction of sp³-hybridized carbons (Fsp3) is 0.538. The van der Waals surface area contributed by atoms with Crippen molar-refractivity contribution in [2.24, 2.45) is 5.92 Å². The molecule has 1 fully saturated rings. The van der Waals surface area contributed by atoms with Crippen molar-refractivity contribution in [2.75, 3.05) is 31.6 Å². The highest BCUT2D eigenvalue weighted by Crippen LogP contribution is 2.32. The lowest BCUT2D eigenvalue weighted by Crippen LogP contribution is -2.45. The van der Waals surface area contributed by atoms with E-state index < -0.39 is 0 Å². The third-order valence-corrected chi connectivity index (χ3v) is 3.38. The molecular weight excluding hydrogens is 200 g/mol. The Morgan fingerprint density at radius 1 is 1.31 bits per heavy atom. The molecule has 0 atom stereocenters. The average molecular weight is 218 g/mol. The maximum atomic E-state index is 5.91. The molecule has 0 radical (unpaired) electrons. The molecule has 2 heterocycles. The average Bonchev–Trinajstić information content (AvgIpc) is 2.27. The normalized spacial score (nSPS) is 19.5. The van der Waals surface area contributed by atoms with Crippen molar-refractivity contribution >= 4 is 5.69 Å². The van der Waals surface area contributed by atoms with Crippen LogP contribution in [0.1, 0.15) is 12.0 Å². The van der Waals surface area contributed by atoms with Crippen LogP contribution in [-0.2, 0) is 6.42 Å². The zero-order valence-corrected chi connectivity index (χ0v) is 9.46. The maximum Gasteiger partial charge on any atom is 0.142 e. The Morgan fingerprint density at radius 3 is 3.06 bits per heavy atom. The molecule has 86 valence electrons. The maximum absolute atomic E-state index is 5.91. The monoisotopic (exact) mass is 218 g/mol. The van der Waals surface area contributed by atoms with Crippen LogP contribution in [0.25, 0.3) is 0 Å². The Bertz CT molecular complexity index is 374. The molecule has 0 bridgehead atoms. The molecule has 3 rings (SSSR count). The highest BCUT2D eigenvalue weighted by molar-refractivity contribution is 5.63. The number of rotatable bonds is 3. The molecule has 1 aromatic carbocycles. The van der Waals surface area contributed by atoms with E-state index >= 15 is 0 Å². The van der Waals surface area contributed by atoms with Crippen molar-refractivity contribution in [3.05, 3.63) is 23.8 Å². The number of para-hydroxylation sites is 1. The number of benzene rings is 1. The summed E-state index contributed by atoms with van der Waals surface area (Å²) in [5.74, 6) is 1.73. The van der Waals surface area contributed by atoms with Crippen molar-refractivity contribution in [3.63, 3.8) is 0 Å². The summed E-state index contributed by atoms with van der Waals surface area (Å²) in [6.45, 7) is 4.11. The Morgan fingerprint density at radius 2 is 2.25 bits per heavy atom. The van der Waals surface area contributed by atoms with Gasteiger partial charge in [0.1, 0.15) is 5.75 Å². The van der Waals surface area contributed by atoms with Crippen molar-refractivity contribution < 1.29 is 4.74 Å². The predicted molar refractivity (Wildman–Crippen MR) is 65.1 cm³/mol. The van der Waals surface area contributed by atoms with Crippen LogP contribution in [0.5, 0.6) is 5.75 Å². The summed E-state index contributed by atoms with van der Waals surface area (Å²) in [6.07, 6.45) is 2.40. The first-order chi connectivity index (χ1) is 7.93. The first kappa shape index (κ1) is 9.97. The number of hydrogen-bond acceptors (Lipinski definition) is 3. The van der Waals surface area contributed by atoms with Crippen molar-refractivity contribution in [1.82, 2.24) is 5.32 Å². The topological polar surface area (TPSA) is 33.3 Å². The highest BCUT2D eigenvalue weighted by Gasteiger charge is 2.19. The van der Waals surface area contributed by atoms with Crippen molar-refractivity contribution in [1.29, 1.82) is 0 Å². The molecule has 2 aliphatic rings. The van der Waals surface area contributed by atoms with Crippen LogP contribution < -0.4 is 15.4 Å². The van der Waals surface area contributed by atoms with Gasteiger partial charge in [0.05, 0.1) is 12.3 Å². The molecule has 0 amide bonds. The summed E-state index contributed by atoms with van der Waals surface area (Å²) >= 11 is 0. The van der Waals surface area contributed by atoms with Gasteiger partial charge in [-0.25, -0.2) is 0 Å².